The maximum absolute atomic E-state index is 4.58. The Hall–Kier alpha value is -0.730. The third kappa shape index (κ3) is 1.86. The van der Waals surface area contributed by atoms with Gasteiger partial charge in [0.15, 0.2) is 5.96 Å². The lowest BCUT2D eigenvalue weighted by Gasteiger charge is -2.38. The molecule has 3 heteroatoms. The largest absolute Gasteiger partial charge is 0.344 e. The number of likely N-dealkylation sites (N-methyl/N-ethyl adjacent to an activating group) is 1. The third-order valence-electron chi connectivity index (χ3n) is 3.18. The third-order valence-corrected chi connectivity index (χ3v) is 3.18. The molecule has 2 aliphatic rings. The van der Waals surface area contributed by atoms with Crippen molar-refractivity contribution in [1.29, 1.82) is 0 Å². The quantitative estimate of drug-likeness (QED) is 0.579. The molecule has 0 saturated carbocycles. The first-order chi connectivity index (χ1) is 6.66. The van der Waals surface area contributed by atoms with E-state index in [1.165, 1.54) is 25.5 Å². The number of likely N-dealkylation sites (tertiary alicyclic amines) is 1. The number of guanidine groups is 1. The molecule has 0 N–H and O–H groups in total. The van der Waals surface area contributed by atoms with Crippen molar-refractivity contribution in [2.24, 2.45) is 16.8 Å². The van der Waals surface area contributed by atoms with Crippen molar-refractivity contribution >= 4 is 5.96 Å². The summed E-state index contributed by atoms with van der Waals surface area (Å²) in [7, 11) is 2.15. The summed E-state index contributed by atoms with van der Waals surface area (Å²) in [6.45, 7) is 9.14. The fourth-order valence-corrected chi connectivity index (χ4v) is 2.69. The zero-order valence-corrected chi connectivity index (χ0v) is 9.53. The molecule has 3 nitrogen and oxygen atoms in total. The van der Waals surface area contributed by atoms with Gasteiger partial charge in [0.2, 0.25) is 0 Å². The van der Waals surface area contributed by atoms with Crippen molar-refractivity contribution in [3.63, 3.8) is 0 Å². The second kappa shape index (κ2) is 3.79. The molecule has 0 bridgehead atoms. The van der Waals surface area contributed by atoms with Gasteiger partial charge in [0, 0.05) is 26.7 Å². The van der Waals surface area contributed by atoms with Gasteiger partial charge in [-0.25, -0.2) is 0 Å². The average molecular weight is 195 g/mol. The molecule has 0 radical (unpaired) electrons. The first-order valence-corrected chi connectivity index (χ1v) is 5.67. The van der Waals surface area contributed by atoms with E-state index < -0.39 is 0 Å². The van der Waals surface area contributed by atoms with E-state index >= 15 is 0 Å². The highest BCUT2D eigenvalue weighted by Gasteiger charge is 2.27. The van der Waals surface area contributed by atoms with Crippen molar-refractivity contribution < 1.29 is 0 Å². The van der Waals surface area contributed by atoms with Crippen molar-refractivity contribution in [2.45, 2.75) is 20.3 Å². The van der Waals surface area contributed by atoms with E-state index in [4.69, 9.17) is 0 Å². The Morgan fingerprint density at radius 3 is 2.36 bits per heavy atom. The topological polar surface area (TPSA) is 18.8 Å². The fourth-order valence-electron chi connectivity index (χ4n) is 2.69. The Balaban J connectivity index is 2.03. The standard InChI is InChI=1S/C11H21N3/c1-9-6-10(2)8-14(7-9)11-12-4-5-13(11)3/h9-10H,4-8H2,1-3H3. The minimum absolute atomic E-state index is 0.815. The zero-order chi connectivity index (χ0) is 10.1. The highest BCUT2D eigenvalue weighted by atomic mass is 15.4. The molecular weight excluding hydrogens is 174 g/mol. The van der Waals surface area contributed by atoms with E-state index in [0.717, 1.165) is 24.9 Å². The zero-order valence-electron chi connectivity index (χ0n) is 9.53. The summed E-state index contributed by atoms with van der Waals surface area (Å²) in [5.41, 5.74) is 0. The van der Waals surface area contributed by atoms with Gasteiger partial charge in [-0.3, -0.25) is 4.99 Å². The summed E-state index contributed by atoms with van der Waals surface area (Å²) in [6, 6.07) is 0. The number of rotatable bonds is 0. The van der Waals surface area contributed by atoms with Crippen molar-refractivity contribution in [2.75, 3.05) is 33.2 Å². The second-order valence-electron chi connectivity index (χ2n) is 4.95. The molecule has 1 fully saturated rings. The Labute approximate surface area is 86.8 Å². The average Bonchev–Trinajstić information content (AvgIpc) is 2.49. The van der Waals surface area contributed by atoms with Crippen LogP contribution in [0.1, 0.15) is 20.3 Å². The monoisotopic (exact) mass is 195 g/mol. The summed E-state index contributed by atoms with van der Waals surface area (Å²) in [5, 5.41) is 0. The van der Waals surface area contributed by atoms with Crippen LogP contribution in [0.5, 0.6) is 0 Å². The number of hydrogen-bond acceptors (Lipinski definition) is 3. The van der Waals surface area contributed by atoms with Gasteiger partial charge in [0.25, 0.3) is 0 Å². The van der Waals surface area contributed by atoms with Crippen LogP contribution in [0.15, 0.2) is 4.99 Å². The van der Waals surface area contributed by atoms with Crippen molar-refractivity contribution in [1.82, 2.24) is 9.80 Å². The molecule has 2 unspecified atom stereocenters. The lowest BCUT2D eigenvalue weighted by molar-refractivity contribution is 0.199. The van der Waals surface area contributed by atoms with Crippen LogP contribution < -0.4 is 0 Å². The first kappa shape index (κ1) is 9.81. The van der Waals surface area contributed by atoms with Crippen LogP contribution in [0, 0.1) is 11.8 Å². The molecule has 2 heterocycles. The molecule has 2 atom stereocenters. The van der Waals surface area contributed by atoms with Gasteiger partial charge in [-0.05, 0) is 18.3 Å². The van der Waals surface area contributed by atoms with E-state index in [-0.39, 0.29) is 0 Å². The van der Waals surface area contributed by atoms with Crippen molar-refractivity contribution in [3.8, 4) is 0 Å². The molecule has 0 amide bonds. The molecule has 0 aliphatic carbocycles. The maximum Gasteiger partial charge on any atom is 0.196 e. The lowest BCUT2D eigenvalue weighted by atomic mass is 9.92. The van der Waals surface area contributed by atoms with Gasteiger partial charge in [0.05, 0.1) is 6.54 Å². The van der Waals surface area contributed by atoms with Gasteiger partial charge < -0.3 is 9.80 Å². The van der Waals surface area contributed by atoms with E-state index in [0.29, 0.717) is 0 Å². The minimum atomic E-state index is 0.815. The summed E-state index contributed by atoms with van der Waals surface area (Å²) in [4.78, 5) is 9.32. The molecule has 0 aromatic rings. The van der Waals surface area contributed by atoms with Crippen LogP contribution in [0.2, 0.25) is 0 Å². The number of piperidine rings is 1. The molecule has 80 valence electrons. The highest BCUT2D eigenvalue weighted by molar-refractivity contribution is 5.81. The molecule has 0 aromatic heterocycles. The molecular formula is C11H21N3. The van der Waals surface area contributed by atoms with Crippen LogP contribution >= 0.6 is 0 Å². The lowest BCUT2D eigenvalue weighted by Crippen LogP contribution is -2.47. The van der Waals surface area contributed by atoms with Crippen LogP contribution in [0.4, 0.5) is 0 Å². The van der Waals surface area contributed by atoms with E-state index in [1.54, 1.807) is 0 Å². The van der Waals surface area contributed by atoms with Crippen molar-refractivity contribution in [3.05, 3.63) is 0 Å². The molecule has 1 saturated heterocycles. The number of aliphatic imine (C=N–C) groups is 1. The predicted molar refractivity (Wildman–Crippen MR) is 59.5 cm³/mol. The molecule has 14 heavy (non-hydrogen) atoms. The Morgan fingerprint density at radius 2 is 1.86 bits per heavy atom. The molecule has 2 rings (SSSR count). The smallest absolute Gasteiger partial charge is 0.196 e. The van der Waals surface area contributed by atoms with Gasteiger partial charge in [-0.1, -0.05) is 13.8 Å². The van der Waals surface area contributed by atoms with E-state index in [9.17, 15) is 0 Å². The van der Waals surface area contributed by atoms with Crippen LogP contribution in [-0.2, 0) is 0 Å². The summed E-state index contributed by atoms with van der Waals surface area (Å²) in [6.07, 6.45) is 1.37. The number of hydrogen-bond donors (Lipinski definition) is 0. The molecule has 0 spiro atoms. The molecule has 2 aliphatic heterocycles. The van der Waals surface area contributed by atoms with Crippen LogP contribution in [0.3, 0.4) is 0 Å². The van der Waals surface area contributed by atoms with Gasteiger partial charge >= 0.3 is 0 Å². The summed E-state index contributed by atoms with van der Waals surface area (Å²) < 4.78 is 0. The Kier molecular flexibility index (Phi) is 2.66. The van der Waals surface area contributed by atoms with Crippen LogP contribution in [-0.4, -0.2) is 49.0 Å². The van der Waals surface area contributed by atoms with Gasteiger partial charge in [0.1, 0.15) is 0 Å². The maximum atomic E-state index is 4.58. The summed E-state index contributed by atoms with van der Waals surface area (Å²) in [5.74, 6) is 2.86. The molecule has 0 aromatic carbocycles. The Morgan fingerprint density at radius 1 is 1.21 bits per heavy atom. The normalized spacial score (nSPS) is 33.5. The van der Waals surface area contributed by atoms with Gasteiger partial charge in [-0.15, -0.1) is 0 Å². The predicted octanol–water partition coefficient (Wildman–Crippen LogP) is 1.27. The van der Waals surface area contributed by atoms with E-state index in [1.807, 2.05) is 0 Å². The fraction of sp³-hybridized carbons (Fsp3) is 0.909. The summed E-state index contributed by atoms with van der Waals surface area (Å²) >= 11 is 0. The number of nitrogens with zero attached hydrogens (tertiary/aromatic N) is 3. The first-order valence-electron chi connectivity index (χ1n) is 5.67. The minimum Gasteiger partial charge on any atom is -0.344 e. The highest BCUT2D eigenvalue weighted by Crippen LogP contribution is 2.22. The second-order valence-corrected chi connectivity index (χ2v) is 4.95. The van der Waals surface area contributed by atoms with Crippen LogP contribution in [0.25, 0.3) is 0 Å². The van der Waals surface area contributed by atoms with E-state index in [2.05, 4.69) is 35.7 Å². The SMILES string of the molecule is CC1CC(C)CN(C2=NCCN2C)C1. The van der Waals surface area contributed by atoms with Gasteiger partial charge in [-0.2, -0.15) is 0 Å². The Bertz CT molecular complexity index is 227.